The van der Waals surface area contributed by atoms with E-state index in [1.54, 1.807) is 43.3 Å². The number of rotatable bonds is 5. The van der Waals surface area contributed by atoms with Gasteiger partial charge in [-0.05, 0) is 55.0 Å². The number of hydrogen-bond acceptors (Lipinski definition) is 7. The third kappa shape index (κ3) is 5.02. The van der Waals surface area contributed by atoms with Crippen LogP contribution in [0.5, 0.6) is 5.75 Å². The van der Waals surface area contributed by atoms with Crippen LogP contribution in [0.1, 0.15) is 15.9 Å². The van der Waals surface area contributed by atoms with Crippen LogP contribution in [0.4, 0.5) is 11.4 Å². The number of hydrogen-bond donors (Lipinski definition) is 2. The van der Waals surface area contributed by atoms with Crippen LogP contribution in [0.3, 0.4) is 0 Å². The lowest BCUT2D eigenvalue weighted by Crippen LogP contribution is -2.34. The number of nitrogens with zero attached hydrogens (tertiary/aromatic N) is 1. The molecule has 1 heterocycles. The van der Waals surface area contributed by atoms with Crippen LogP contribution < -0.4 is 21.0 Å². The van der Waals surface area contributed by atoms with Gasteiger partial charge in [-0.25, -0.2) is 4.79 Å². The number of nitro groups is 1. The second-order valence-corrected chi connectivity index (χ2v) is 7.98. The van der Waals surface area contributed by atoms with Gasteiger partial charge in [-0.15, -0.1) is 0 Å². The molecule has 3 aromatic carbocycles. The van der Waals surface area contributed by atoms with Crippen molar-refractivity contribution in [1.82, 2.24) is 5.32 Å². The molecule has 35 heavy (non-hydrogen) atoms. The number of methoxy groups -OCH3 is 1. The second-order valence-electron chi connectivity index (χ2n) is 7.57. The average Bonchev–Trinajstić information content (AvgIpc) is 2.83. The highest BCUT2D eigenvalue weighted by molar-refractivity contribution is 7.80. The summed E-state index contributed by atoms with van der Waals surface area (Å²) in [6, 6.07) is 18.1. The molecule has 0 bridgehead atoms. The number of benzene rings is 3. The monoisotopic (exact) mass is 489 g/mol. The average molecular weight is 490 g/mol. The van der Waals surface area contributed by atoms with E-state index in [1.165, 1.54) is 25.3 Å². The molecule has 176 valence electrons. The number of anilines is 1. The molecule has 0 aliphatic carbocycles. The Bertz CT molecular complexity index is 1550. The third-order valence-corrected chi connectivity index (χ3v) is 5.50. The molecule has 0 atom stereocenters. The van der Waals surface area contributed by atoms with Gasteiger partial charge < -0.3 is 14.5 Å². The Balaban J connectivity index is 1.59. The van der Waals surface area contributed by atoms with E-state index in [4.69, 9.17) is 21.4 Å². The van der Waals surface area contributed by atoms with Crippen LogP contribution >= 0.6 is 12.2 Å². The van der Waals surface area contributed by atoms with Crippen LogP contribution in [-0.4, -0.2) is 23.1 Å². The summed E-state index contributed by atoms with van der Waals surface area (Å²) in [7, 11) is 1.47. The number of thiocarbonyl (C=S) groups is 1. The summed E-state index contributed by atoms with van der Waals surface area (Å²) in [5.41, 5.74) is 1.63. The lowest BCUT2D eigenvalue weighted by molar-refractivity contribution is -0.385. The molecular formula is C25H19N3O6S. The second kappa shape index (κ2) is 9.74. The summed E-state index contributed by atoms with van der Waals surface area (Å²) >= 11 is 5.27. The molecule has 9 nitrogen and oxygen atoms in total. The normalized spacial score (nSPS) is 10.6. The van der Waals surface area contributed by atoms with Crippen LogP contribution in [0, 0.1) is 17.0 Å². The maximum atomic E-state index is 12.6. The van der Waals surface area contributed by atoms with Gasteiger partial charge in [0.05, 0.1) is 23.3 Å². The van der Waals surface area contributed by atoms with Gasteiger partial charge >= 0.3 is 5.63 Å². The Kier molecular flexibility index (Phi) is 6.56. The molecule has 0 aliphatic rings. The molecule has 0 unspecified atom stereocenters. The van der Waals surface area contributed by atoms with Crippen LogP contribution in [0.25, 0.3) is 22.1 Å². The Labute approximate surface area is 204 Å². The SMILES string of the molecule is COc1ccc(-c2cc3ccccc3oc2=O)cc1NC(=S)NC(=O)c1ccc(C)c([N+](=O)[O-])c1. The first kappa shape index (κ1) is 23.6. The van der Waals surface area contributed by atoms with E-state index in [9.17, 15) is 19.7 Å². The number of ether oxygens (including phenoxy) is 1. The van der Waals surface area contributed by atoms with E-state index in [1.807, 2.05) is 12.1 Å². The van der Waals surface area contributed by atoms with E-state index in [-0.39, 0.29) is 16.4 Å². The molecule has 1 aromatic heterocycles. The molecule has 0 fully saturated rings. The summed E-state index contributed by atoms with van der Waals surface area (Å²) in [5.74, 6) is -0.197. The number of carbonyl (C=O) groups excluding carboxylic acids is 1. The van der Waals surface area contributed by atoms with Crippen molar-refractivity contribution < 1.29 is 18.9 Å². The molecular weight excluding hydrogens is 470 g/mol. The smallest absolute Gasteiger partial charge is 0.344 e. The van der Waals surface area contributed by atoms with E-state index >= 15 is 0 Å². The number of amides is 1. The van der Waals surface area contributed by atoms with Gasteiger partial charge in [0, 0.05) is 22.6 Å². The van der Waals surface area contributed by atoms with Crippen molar-refractivity contribution in [3.05, 3.63) is 98.4 Å². The van der Waals surface area contributed by atoms with Crippen molar-refractivity contribution in [3.8, 4) is 16.9 Å². The molecule has 1 amide bonds. The van der Waals surface area contributed by atoms with E-state index in [0.29, 0.717) is 33.7 Å². The largest absolute Gasteiger partial charge is 0.495 e. The zero-order valence-corrected chi connectivity index (χ0v) is 19.5. The van der Waals surface area contributed by atoms with Crippen molar-refractivity contribution >= 4 is 45.6 Å². The minimum absolute atomic E-state index is 0.0563. The highest BCUT2D eigenvalue weighted by atomic mass is 32.1. The third-order valence-electron chi connectivity index (χ3n) is 5.30. The lowest BCUT2D eigenvalue weighted by Gasteiger charge is -2.14. The minimum Gasteiger partial charge on any atom is -0.495 e. The lowest BCUT2D eigenvalue weighted by atomic mass is 10.0. The van der Waals surface area contributed by atoms with Crippen LogP contribution in [0.2, 0.25) is 0 Å². The Hall–Kier alpha value is -4.57. The minimum atomic E-state index is -0.615. The zero-order valence-electron chi connectivity index (χ0n) is 18.7. The number of aryl methyl sites for hydroxylation is 1. The highest BCUT2D eigenvalue weighted by Crippen LogP contribution is 2.30. The van der Waals surface area contributed by atoms with E-state index in [2.05, 4.69) is 10.6 Å². The van der Waals surface area contributed by atoms with Gasteiger partial charge in [0.1, 0.15) is 11.3 Å². The fraction of sp³-hybridized carbons (Fsp3) is 0.0800. The fourth-order valence-electron chi connectivity index (χ4n) is 3.51. The van der Waals surface area contributed by atoms with Gasteiger partial charge in [-0.1, -0.05) is 30.3 Å². The molecule has 0 saturated heterocycles. The number of fused-ring (bicyclic) bond motifs is 1. The quantitative estimate of drug-likeness (QED) is 0.177. The first-order valence-electron chi connectivity index (χ1n) is 10.4. The molecule has 4 aromatic rings. The summed E-state index contributed by atoms with van der Waals surface area (Å²) in [6.07, 6.45) is 0. The molecule has 0 saturated carbocycles. The number of para-hydroxylation sites is 1. The van der Waals surface area contributed by atoms with E-state index in [0.717, 1.165) is 5.39 Å². The van der Waals surface area contributed by atoms with Crippen molar-refractivity contribution in [1.29, 1.82) is 0 Å². The maximum absolute atomic E-state index is 12.6. The van der Waals surface area contributed by atoms with Crippen molar-refractivity contribution in [2.24, 2.45) is 0 Å². The number of carbonyl (C=O) groups is 1. The zero-order chi connectivity index (χ0) is 25.1. The summed E-state index contributed by atoms with van der Waals surface area (Å²) in [6.45, 7) is 1.58. The van der Waals surface area contributed by atoms with Crippen molar-refractivity contribution in [2.75, 3.05) is 12.4 Å². The van der Waals surface area contributed by atoms with Crippen LogP contribution in [-0.2, 0) is 0 Å². The maximum Gasteiger partial charge on any atom is 0.344 e. The first-order valence-corrected chi connectivity index (χ1v) is 10.8. The predicted molar refractivity (Wildman–Crippen MR) is 136 cm³/mol. The summed E-state index contributed by atoms with van der Waals surface area (Å²) in [4.78, 5) is 35.8. The molecule has 0 spiro atoms. The number of nitro benzene ring substituents is 1. The van der Waals surface area contributed by atoms with Gasteiger partial charge in [0.25, 0.3) is 11.6 Å². The van der Waals surface area contributed by atoms with Gasteiger partial charge in [-0.2, -0.15) is 0 Å². The Morgan fingerprint density at radius 3 is 2.60 bits per heavy atom. The van der Waals surface area contributed by atoms with Gasteiger partial charge in [0.2, 0.25) is 0 Å². The number of nitrogens with one attached hydrogen (secondary N) is 2. The van der Waals surface area contributed by atoms with E-state index < -0.39 is 16.5 Å². The molecule has 10 heteroatoms. The predicted octanol–water partition coefficient (Wildman–Crippen LogP) is 4.81. The molecule has 2 N–H and O–H groups in total. The van der Waals surface area contributed by atoms with Gasteiger partial charge in [0.15, 0.2) is 5.11 Å². The fourth-order valence-corrected chi connectivity index (χ4v) is 3.72. The molecule has 0 aliphatic heterocycles. The standard InChI is InChI=1S/C25H19N3O6S/c1-14-7-8-17(13-20(14)28(31)32)23(29)27-25(35)26-19-12-15(9-10-22(19)33-2)18-11-16-5-3-4-6-21(16)34-24(18)30/h3-13H,1-2H3,(H2,26,27,29,35). The summed E-state index contributed by atoms with van der Waals surface area (Å²) in [5, 5.41) is 17.3. The topological polar surface area (TPSA) is 124 Å². The summed E-state index contributed by atoms with van der Waals surface area (Å²) < 4.78 is 10.8. The highest BCUT2D eigenvalue weighted by Gasteiger charge is 2.17. The Morgan fingerprint density at radius 1 is 1.09 bits per heavy atom. The molecule has 4 rings (SSSR count). The molecule has 0 radical (unpaired) electrons. The van der Waals surface area contributed by atoms with Crippen molar-refractivity contribution in [2.45, 2.75) is 6.92 Å². The first-order chi connectivity index (χ1) is 16.8. The van der Waals surface area contributed by atoms with Gasteiger partial charge in [-0.3, -0.25) is 20.2 Å². The van der Waals surface area contributed by atoms with Crippen LogP contribution in [0.15, 0.2) is 75.9 Å². The van der Waals surface area contributed by atoms with Crippen molar-refractivity contribution in [3.63, 3.8) is 0 Å². The Morgan fingerprint density at radius 2 is 1.86 bits per heavy atom.